The van der Waals surface area contributed by atoms with Crippen LogP contribution in [0.4, 0.5) is 5.69 Å². The molecular weight excluding hydrogens is 354 g/mol. The Morgan fingerprint density at radius 2 is 2.12 bits per heavy atom. The Hall–Kier alpha value is -1.21. The summed E-state index contributed by atoms with van der Waals surface area (Å²) in [5.74, 6) is 0. The molecule has 88 valence electrons. The van der Waals surface area contributed by atoms with Crippen LogP contribution in [-0.4, -0.2) is 14.7 Å². The Morgan fingerprint density at radius 3 is 2.71 bits per heavy atom. The first-order valence-corrected chi connectivity index (χ1v) is 6.25. The Bertz CT molecular complexity index is 568. The first kappa shape index (κ1) is 12.3. The molecule has 0 unspecified atom stereocenters. The molecule has 1 aromatic heterocycles. The van der Waals surface area contributed by atoms with Crippen LogP contribution in [0.25, 0.3) is 0 Å². The van der Waals surface area contributed by atoms with Gasteiger partial charge in [-0.2, -0.15) is 5.10 Å². The van der Waals surface area contributed by atoms with E-state index in [0.29, 0.717) is 16.6 Å². The Kier molecular flexibility index (Phi) is 3.58. The van der Waals surface area contributed by atoms with Gasteiger partial charge in [0.2, 0.25) is 0 Å². The predicted molar refractivity (Wildman–Crippen MR) is 69.8 cm³/mol. The van der Waals surface area contributed by atoms with Crippen molar-refractivity contribution in [3.8, 4) is 0 Å². The lowest BCUT2D eigenvalue weighted by atomic mass is 10.2. The van der Waals surface area contributed by atoms with Crippen LogP contribution in [0, 0.1) is 10.1 Å². The van der Waals surface area contributed by atoms with Crippen molar-refractivity contribution in [2.75, 3.05) is 0 Å². The van der Waals surface area contributed by atoms with E-state index in [2.05, 4.69) is 37.0 Å². The van der Waals surface area contributed by atoms with Gasteiger partial charge in [0.15, 0.2) is 0 Å². The van der Waals surface area contributed by atoms with Crippen LogP contribution >= 0.6 is 31.9 Å². The molecule has 0 saturated heterocycles. The van der Waals surface area contributed by atoms with Gasteiger partial charge in [0, 0.05) is 16.7 Å². The zero-order chi connectivity index (χ0) is 12.4. The molecule has 0 N–H and O–H groups in total. The van der Waals surface area contributed by atoms with E-state index < -0.39 is 4.92 Å². The summed E-state index contributed by atoms with van der Waals surface area (Å²) in [6.07, 6.45) is 3.41. The second kappa shape index (κ2) is 4.97. The van der Waals surface area contributed by atoms with E-state index in [1.54, 1.807) is 29.2 Å². The zero-order valence-corrected chi connectivity index (χ0v) is 11.7. The number of nitro benzene ring substituents is 1. The highest BCUT2D eigenvalue weighted by atomic mass is 79.9. The number of benzene rings is 1. The van der Waals surface area contributed by atoms with Gasteiger partial charge in [0.25, 0.3) is 5.69 Å². The van der Waals surface area contributed by atoms with E-state index in [-0.39, 0.29) is 5.69 Å². The SMILES string of the molecule is O=[N+]([O-])c1cc(Br)ccc1Cn1cc(Br)cn1. The number of aromatic nitrogens is 2. The molecule has 0 fully saturated rings. The van der Waals surface area contributed by atoms with Crippen LogP contribution in [0.3, 0.4) is 0 Å². The highest BCUT2D eigenvalue weighted by molar-refractivity contribution is 9.10. The number of hydrogen-bond acceptors (Lipinski definition) is 3. The molecule has 0 aliphatic rings. The fourth-order valence-corrected chi connectivity index (χ4v) is 2.12. The van der Waals surface area contributed by atoms with E-state index in [1.165, 1.54) is 6.07 Å². The first-order chi connectivity index (χ1) is 8.06. The van der Waals surface area contributed by atoms with Crippen LogP contribution in [0.15, 0.2) is 39.5 Å². The molecule has 2 rings (SSSR count). The van der Waals surface area contributed by atoms with Gasteiger partial charge < -0.3 is 0 Å². The Morgan fingerprint density at radius 1 is 1.35 bits per heavy atom. The molecule has 0 aliphatic heterocycles. The number of hydrogen-bond donors (Lipinski definition) is 0. The van der Waals surface area contributed by atoms with Crippen LogP contribution in [0.2, 0.25) is 0 Å². The van der Waals surface area contributed by atoms with E-state index in [9.17, 15) is 10.1 Å². The molecule has 7 heteroatoms. The first-order valence-electron chi connectivity index (χ1n) is 4.67. The molecule has 0 amide bonds. The average molecular weight is 361 g/mol. The molecule has 0 bridgehead atoms. The largest absolute Gasteiger partial charge is 0.275 e. The van der Waals surface area contributed by atoms with Crippen molar-refractivity contribution < 1.29 is 4.92 Å². The maximum absolute atomic E-state index is 10.9. The zero-order valence-electron chi connectivity index (χ0n) is 8.51. The number of halogens is 2. The Balaban J connectivity index is 2.35. The maximum atomic E-state index is 10.9. The van der Waals surface area contributed by atoms with Crippen LogP contribution in [0.5, 0.6) is 0 Å². The van der Waals surface area contributed by atoms with E-state index >= 15 is 0 Å². The van der Waals surface area contributed by atoms with E-state index in [0.717, 1.165) is 4.47 Å². The average Bonchev–Trinajstić information content (AvgIpc) is 2.66. The lowest BCUT2D eigenvalue weighted by Gasteiger charge is -2.03. The van der Waals surface area contributed by atoms with Gasteiger partial charge in [-0.3, -0.25) is 14.8 Å². The van der Waals surface area contributed by atoms with Crippen molar-refractivity contribution in [2.45, 2.75) is 6.54 Å². The molecule has 0 spiro atoms. The lowest BCUT2D eigenvalue weighted by molar-refractivity contribution is -0.385. The van der Waals surface area contributed by atoms with Crippen molar-refractivity contribution in [2.24, 2.45) is 0 Å². The molecule has 5 nitrogen and oxygen atoms in total. The van der Waals surface area contributed by atoms with Gasteiger partial charge in [-0.25, -0.2) is 0 Å². The summed E-state index contributed by atoms with van der Waals surface area (Å²) in [6.45, 7) is 0.370. The highest BCUT2D eigenvalue weighted by Crippen LogP contribution is 2.24. The number of nitro groups is 1. The van der Waals surface area contributed by atoms with Gasteiger partial charge in [-0.05, 0) is 28.1 Å². The third-order valence-corrected chi connectivity index (χ3v) is 3.08. The van der Waals surface area contributed by atoms with E-state index in [1.807, 2.05) is 0 Å². The molecule has 2 aromatic rings. The van der Waals surface area contributed by atoms with E-state index in [4.69, 9.17) is 0 Å². The van der Waals surface area contributed by atoms with Gasteiger partial charge in [-0.15, -0.1) is 0 Å². The van der Waals surface area contributed by atoms with Gasteiger partial charge >= 0.3 is 0 Å². The fourth-order valence-electron chi connectivity index (χ4n) is 1.44. The molecule has 1 aromatic carbocycles. The predicted octanol–water partition coefficient (Wildman–Crippen LogP) is 3.36. The van der Waals surface area contributed by atoms with Gasteiger partial charge in [-0.1, -0.05) is 15.9 Å². The summed E-state index contributed by atoms with van der Waals surface area (Å²) in [7, 11) is 0. The van der Waals surface area contributed by atoms with Crippen molar-refractivity contribution in [3.05, 3.63) is 55.2 Å². The third-order valence-electron chi connectivity index (χ3n) is 2.18. The van der Waals surface area contributed by atoms with Crippen LogP contribution in [0.1, 0.15) is 5.56 Å². The van der Waals surface area contributed by atoms with Crippen LogP contribution < -0.4 is 0 Å². The monoisotopic (exact) mass is 359 g/mol. The summed E-state index contributed by atoms with van der Waals surface area (Å²) in [4.78, 5) is 10.5. The second-order valence-electron chi connectivity index (χ2n) is 3.39. The highest BCUT2D eigenvalue weighted by Gasteiger charge is 2.14. The van der Waals surface area contributed by atoms with Gasteiger partial charge in [0.05, 0.1) is 27.7 Å². The summed E-state index contributed by atoms with van der Waals surface area (Å²) >= 11 is 6.50. The second-order valence-corrected chi connectivity index (χ2v) is 5.22. The standard InChI is InChI=1S/C10H7Br2N3O2/c11-8-2-1-7(10(3-8)15(16)17)5-14-6-9(12)4-13-14/h1-4,6H,5H2. The van der Waals surface area contributed by atoms with Crippen molar-refractivity contribution in [3.63, 3.8) is 0 Å². The number of nitrogens with zero attached hydrogens (tertiary/aromatic N) is 3. The molecule has 1 heterocycles. The molecule has 0 saturated carbocycles. The minimum atomic E-state index is -0.390. The molecule has 0 atom stereocenters. The number of rotatable bonds is 3. The van der Waals surface area contributed by atoms with Crippen molar-refractivity contribution in [1.82, 2.24) is 9.78 Å². The third kappa shape index (κ3) is 2.92. The quantitative estimate of drug-likeness (QED) is 0.622. The lowest BCUT2D eigenvalue weighted by Crippen LogP contribution is -2.03. The minimum absolute atomic E-state index is 0.0889. The minimum Gasteiger partial charge on any atom is -0.267 e. The maximum Gasteiger partial charge on any atom is 0.275 e. The summed E-state index contributed by atoms with van der Waals surface area (Å²) in [6, 6.07) is 4.99. The molecule has 0 radical (unpaired) electrons. The summed E-state index contributed by atoms with van der Waals surface area (Å²) < 4.78 is 3.17. The molecule has 17 heavy (non-hydrogen) atoms. The molecule has 0 aliphatic carbocycles. The molecular formula is C10H7Br2N3O2. The Labute approximate surface area is 114 Å². The van der Waals surface area contributed by atoms with Crippen molar-refractivity contribution >= 4 is 37.5 Å². The van der Waals surface area contributed by atoms with Crippen molar-refractivity contribution in [1.29, 1.82) is 0 Å². The van der Waals surface area contributed by atoms with Crippen LogP contribution in [-0.2, 0) is 6.54 Å². The fraction of sp³-hybridized carbons (Fsp3) is 0.100. The smallest absolute Gasteiger partial charge is 0.267 e. The van der Waals surface area contributed by atoms with Gasteiger partial charge in [0.1, 0.15) is 0 Å². The normalized spacial score (nSPS) is 10.5. The topological polar surface area (TPSA) is 61.0 Å². The summed E-state index contributed by atoms with van der Waals surface area (Å²) in [5, 5.41) is 15.0. The summed E-state index contributed by atoms with van der Waals surface area (Å²) in [5.41, 5.74) is 0.708.